The Hall–Kier alpha value is -2.05. The molecule has 0 aliphatic heterocycles. The topological polar surface area (TPSA) is 119 Å². The fourth-order valence-corrected chi connectivity index (χ4v) is 1.08. The minimum absolute atomic E-state index is 0.0175. The highest BCUT2D eigenvalue weighted by atomic mass is 16.1. The fraction of sp³-hybridized carbons (Fsp3) is 0.444. The molecule has 0 saturated heterocycles. The van der Waals surface area contributed by atoms with Gasteiger partial charge in [0.05, 0.1) is 6.54 Å². The third-order valence-corrected chi connectivity index (χ3v) is 1.74. The number of nitrogens with one attached hydrogen (secondary N) is 2. The van der Waals surface area contributed by atoms with Gasteiger partial charge in [-0.05, 0) is 6.42 Å². The highest BCUT2D eigenvalue weighted by Crippen LogP contribution is 2.11. The standard InChI is InChI=1S/C9H16N6O/c1-2-3-12-7-4-8(13-5-6(10)16)15-9(11)14-7/h4H,2-3,5H2,1H3,(H2,10,16)(H4,11,12,13,14,15). The number of carbonyl (C=O) groups excluding carboxylic acids is 1. The summed E-state index contributed by atoms with van der Waals surface area (Å²) in [6.07, 6.45) is 0.980. The Labute approximate surface area is 93.6 Å². The molecule has 7 heteroatoms. The number of hydrogen-bond acceptors (Lipinski definition) is 6. The van der Waals surface area contributed by atoms with Crippen LogP contribution in [0.5, 0.6) is 0 Å². The van der Waals surface area contributed by atoms with Crippen LogP contribution in [0.3, 0.4) is 0 Å². The van der Waals surface area contributed by atoms with Gasteiger partial charge in [-0.25, -0.2) is 0 Å². The molecule has 88 valence electrons. The van der Waals surface area contributed by atoms with Crippen molar-refractivity contribution in [3.8, 4) is 0 Å². The molecule has 0 unspecified atom stereocenters. The van der Waals surface area contributed by atoms with Gasteiger partial charge in [-0.15, -0.1) is 0 Å². The second kappa shape index (κ2) is 5.74. The molecule has 1 heterocycles. The van der Waals surface area contributed by atoms with E-state index in [0.29, 0.717) is 11.6 Å². The first-order chi connectivity index (χ1) is 7.61. The number of nitrogens with zero attached hydrogens (tertiary/aromatic N) is 2. The number of nitrogens with two attached hydrogens (primary N) is 2. The van der Waals surface area contributed by atoms with E-state index in [9.17, 15) is 4.79 Å². The van der Waals surface area contributed by atoms with Crippen LogP contribution in [0.2, 0.25) is 0 Å². The summed E-state index contributed by atoms with van der Waals surface area (Å²) in [6.45, 7) is 2.86. The monoisotopic (exact) mass is 224 g/mol. The summed E-state index contributed by atoms with van der Waals surface area (Å²) in [5.41, 5.74) is 10.5. The molecule has 7 nitrogen and oxygen atoms in total. The number of nitrogen functional groups attached to an aromatic ring is 1. The Balaban J connectivity index is 2.69. The second-order valence-corrected chi connectivity index (χ2v) is 3.24. The minimum atomic E-state index is -0.458. The predicted octanol–water partition coefficient (Wildman–Crippen LogP) is -0.222. The van der Waals surface area contributed by atoms with Crippen LogP contribution < -0.4 is 22.1 Å². The molecule has 0 bridgehead atoms. The first kappa shape index (κ1) is 12.0. The highest BCUT2D eigenvalue weighted by Gasteiger charge is 2.02. The normalized spacial score (nSPS) is 9.81. The number of carbonyl (C=O) groups is 1. The van der Waals surface area contributed by atoms with Gasteiger partial charge in [0.15, 0.2) is 0 Å². The Bertz CT molecular complexity index is 367. The first-order valence-electron chi connectivity index (χ1n) is 5.02. The fourth-order valence-electron chi connectivity index (χ4n) is 1.08. The SMILES string of the molecule is CCCNc1cc(NCC(N)=O)nc(N)n1. The number of aromatic nitrogens is 2. The molecule has 1 rings (SSSR count). The highest BCUT2D eigenvalue weighted by molar-refractivity contribution is 5.78. The molecule has 0 atom stereocenters. The lowest BCUT2D eigenvalue weighted by atomic mass is 10.4. The van der Waals surface area contributed by atoms with Gasteiger partial charge in [0.1, 0.15) is 11.6 Å². The van der Waals surface area contributed by atoms with Crippen LogP contribution in [0.25, 0.3) is 0 Å². The predicted molar refractivity (Wildman–Crippen MR) is 62.9 cm³/mol. The molecule has 0 aromatic carbocycles. The van der Waals surface area contributed by atoms with E-state index >= 15 is 0 Å². The van der Waals surface area contributed by atoms with Crippen molar-refractivity contribution in [3.05, 3.63) is 6.07 Å². The summed E-state index contributed by atoms with van der Waals surface area (Å²) in [5, 5.41) is 5.83. The van der Waals surface area contributed by atoms with Crippen LogP contribution in [0.15, 0.2) is 6.07 Å². The zero-order chi connectivity index (χ0) is 12.0. The summed E-state index contributed by atoms with van der Waals surface area (Å²) in [4.78, 5) is 18.5. The Morgan fingerprint density at radius 3 is 2.56 bits per heavy atom. The first-order valence-corrected chi connectivity index (χ1v) is 5.02. The van der Waals surface area contributed by atoms with Crippen molar-refractivity contribution in [1.82, 2.24) is 9.97 Å². The summed E-state index contributed by atoms with van der Waals surface area (Å²) in [7, 11) is 0. The lowest BCUT2D eigenvalue weighted by Gasteiger charge is -2.08. The van der Waals surface area contributed by atoms with Crippen LogP contribution in [-0.2, 0) is 4.79 Å². The van der Waals surface area contributed by atoms with E-state index in [1.807, 2.05) is 6.92 Å². The van der Waals surface area contributed by atoms with E-state index < -0.39 is 5.91 Å². The Morgan fingerprint density at radius 1 is 1.38 bits per heavy atom. The van der Waals surface area contributed by atoms with Crippen molar-refractivity contribution in [1.29, 1.82) is 0 Å². The smallest absolute Gasteiger partial charge is 0.236 e. The summed E-state index contributed by atoms with van der Waals surface area (Å²) >= 11 is 0. The molecule has 0 aliphatic rings. The Morgan fingerprint density at radius 2 is 2.00 bits per heavy atom. The van der Waals surface area contributed by atoms with Crippen LogP contribution in [0.1, 0.15) is 13.3 Å². The average molecular weight is 224 g/mol. The largest absolute Gasteiger partial charge is 0.370 e. The molecule has 0 fully saturated rings. The van der Waals surface area contributed by atoms with Crippen molar-refractivity contribution >= 4 is 23.5 Å². The van der Waals surface area contributed by atoms with E-state index in [2.05, 4.69) is 20.6 Å². The number of amides is 1. The van der Waals surface area contributed by atoms with E-state index in [-0.39, 0.29) is 12.5 Å². The molecule has 16 heavy (non-hydrogen) atoms. The van der Waals surface area contributed by atoms with Crippen LogP contribution in [0, 0.1) is 0 Å². The third kappa shape index (κ3) is 3.99. The lowest BCUT2D eigenvalue weighted by molar-refractivity contribution is -0.116. The van der Waals surface area contributed by atoms with Gasteiger partial charge >= 0.3 is 0 Å². The van der Waals surface area contributed by atoms with Crippen LogP contribution in [-0.4, -0.2) is 29.0 Å². The zero-order valence-electron chi connectivity index (χ0n) is 9.16. The van der Waals surface area contributed by atoms with Gasteiger partial charge in [0.2, 0.25) is 11.9 Å². The third-order valence-electron chi connectivity index (χ3n) is 1.74. The van der Waals surface area contributed by atoms with Crippen LogP contribution >= 0.6 is 0 Å². The molecule has 1 aromatic heterocycles. The van der Waals surface area contributed by atoms with Gasteiger partial charge < -0.3 is 22.1 Å². The van der Waals surface area contributed by atoms with Crippen molar-refractivity contribution in [2.75, 3.05) is 29.5 Å². The van der Waals surface area contributed by atoms with Gasteiger partial charge in [0, 0.05) is 12.6 Å². The molecule has 0 aliphatic carbocycles. The van der Waals surface area contributed by atoms with Crippen molar-refractivity contribution < 1.29 is 4.79 Å². The zero-order valence-corrected chi connectivity index (χ0v) is 9.16. The van der Waals surface area contributed by atoms with E-state index in [0.717, 1.165) is 13.0 Å². The Kier molecular flexibility index (Phi) is 4.31. The molecule has 1 aromatic rings. The minimum Gasteiger partial charge on any atom is -0.370 e. The number of hydrogen-bond donors (Lipinski definition) is 4. The van der Waals surface area contributed by atoms with E-state index in [1.54, 1.807) is 6.07 Å². The lowest BCUT2D eigenvalue weighted by Crippen LogP contribution is -2.22. The van der Waals surface area contributed by atoms with Crippen molar-refractivity contribution in [2.45, 2.75) is 13.3 Å². The summed E-state index contributed by atoms with van der Waals surface area (Å²) in [6, 6.07) is 1.68. The maximum absolute atomic E-state index is 10.6. The molecule has 1 amide bonds. The molecular formula is C9H16N6O. The van der Waals surface area contributed by atoms with Gasteiger partial charge in [-0.2, -0.15) is 9.97 Å². The van der Waals surface area contributed by atoms with E-state index in [1.165, 1.54) is 0 Å². The van der Waals surface area contributed by atoms with Crippen LogP contribution in [0.4, 0.5) is 17.6 Å². The molecular weight excluding hydrogens is 208 g/mol. The quantitative estimate of drug-likeness (QED) is 0.530. The average Bonchev–Trinajstić information content (AvgIpc) is 2.23. The van der Waals surface area contributed by atoms with Gasteiger partial charge in [0.25, 0.3) is 0 Å². The van der Waals surface area contributed by atoms with Crippen molar-refractivity contribution in [2.24, 2.45) is 5.73 Å². The molecule has 6 N–H and O–H groups in total. The van der Waals surface area contributed by atoms with Gasteiger partial charge in [-0.3, -0.25) is 4.79 Å². The summed E-state index contributed by atoms with van der Waals surface area (Å²) < 4.78 is 0. The maximum Gasteiger partial charge on any atom is 0.236 e. The van der Waals surface area contributed by atoms with Crippen molar-refractivity contribution in [3.63, 3.8) is 0 Å². The summed E-state index contributed by atoms with van der Waals surface area (Å²) in [5.74, 6) is 0.791. The molecule has 0 saturated carbocycles. The van der Waals surface area contributed by atoms with Gasteiger partial charge in [-0.1, -0.05) is 6.92 Å². The molecule has 0 radical (unpaired) electrons. The van der Waals surface area contributed by atoms with E-state index in [4.69, 9.17) is 11.5 Å². The maximum atomic E-state index is 10.6. The number of anilines is 3. The number of rotatable bonds is 6. The molecule has 0 spiro atoms. The second-order valence-electron chi connectivity index (χ2n) is 3.24. The number of primary amides is 1.